The van der Waals surface area contributed by atoms with E-state index in [1.54, 1.807) is 30.3 Å². The van der Waals surface area contributed by atoms with Crippen molar-refractivity contribution >= 4 is 40.6 Å². The average Bonchev–Trinajstić information content (AvgIpc) is 3.07. The average molecular weight is 484 g/mol. The molecule has 5 nitrogen and oxygen atoms in total. The van der Waals surface area contributed by atoms with Crippen molar-refractivity contribution in [1.29, 1.82) is 0 Å². The Morgan fingerprint density at radius 1 is 1.03 bits per heavy atom. The zero-order chi connectivity index (χ0) is 23.4. The number of nitrogens with zero attached hydrogens (tertiary/aromatic N) is 1. The Kier molecular flexibility index (Phi) is 7.01. The van der Waals surface area contributed by atoms with E-state index in [4.69, 9.17) is 21.1 Å². The van der Waals surface area contributed by atoms with Crippen LogP contribution < -0.4 is 9.47 Å². The predicted molar refractivity (Wildman–Crippen MR) is 127 cm³/mol. The molecule has 1 aliphatic rings. The Balaban J connectivity index is 1.61. The van der Waals surface area contributed by atoms with Crippen molar-refractivity contribution < 1.29 is 23.5 Å². The second kappa shape index (κ2) is 10.1. The number of methoxy groups -OCH3 is 1. The fourth-order valence-corrected chi connectivity index (χ4v) is 4.37. The number of carbonyl (C=O) groups excluding carboxylic acids is 2. The molecule has 1 heterocycles. The molecule has 1 saturated heterocycles. The van der Waals surface area contributed by atoms with Crippen molar-refractivity contribution in [1.82, 2.24) is 4.90 Å². The molecule has 8 heteroatoms. The van der Waals surface area contributed by atoms with E-state index in [-0.39, 0.29) is 39.8 Å². The molecule has 0 atom stereocenters. The maximum atomic E-state index is 14.2. The van der Waals surface area contributed by atoms with Crippen LogP contribution in [-0.4, -0.2) is 23.2 Å². The van der Waals surface area contributed by atoms with Crippen LogP contribution >= 0.6 is 23.4 Å². The second-order valence-electron chi connectivity index (χ2n) is 7.12. The van der Waals surface area contributed by atoms with Gasteiger partial charge in [0.1, 0.15) is 12.4 Å². The van der Waals surface area contributed by atoms with Crippen LogP contribution in [0.5, 0.6) is 11.5 Å². The number of benzene rings is 3. The second-order valence-corrected chi connectivity index (χ2v) is 8.52. The van der Waals surface area contributed by atoms with Gasteiger partial charge in [-0.25, -0.2) is 4.39 Å². The SMILES string of the molecule is COc1cccc(/C=C2\SC(=O)N(Cc3ccccc3)C2=O)c1OCc1c(F)cccc1Cl. The minimum atomic E-state index is -0.485. The number of halogens is 2. The van der Waals surface area contributed by atoms with Crippen molar-refractivity contribution in [2.24, 2.45) is 0 Å². The van der Waals surface area contributed by atoms with E-state index in [1.165, 1.54) is 24.1 Å². The van der Waals surface area contributed by atoms with Gasteiger partial charge in [0.25, 0.3) is 11.1 Å². The van der Waals surface area contributed by atoms with Gasteiger partial charge in [-0.3, -0.25) is 14.5 Å². The topological polar surface area (TPSA) is 55.8 Å². The molecular formula is C25H19ClFNO4S. The van der Waals surface area contributed by atoms with E-state index < -0.39 is 5.82 Å². The van der Waals surface area contributed by atoms with Crippen molar-refractivity contribution in [2.75, 3.05) is 7.11 Å². The molecule has 0 unspecified atom stereocenters. The van der Waals surface area contributed by atoms with Gasteiger partial charge in [-0.2, -0.15) is 0 Å². The van der Waals surface area contributed by atoms with Crippen LogP contribution in [0.1, 0.15) is 16.7 Å². The van der Waals surface area contributed by atoms with Crippen LogP contribution in [0.4, 0.5) is 9.18 Å². The molecule has 33 heavy (non-hydrogen) atoms. The fraction of sp³-hybridized carbons (Fsp3) is 0.120. The Bertz CT molecular complexity index is 1210. The number of hydrogen-bond donors (Lipinski definition) is 0. The van der Waals surface area contributed by atoms with Gasteiger partial charge < -0.3 is 9.47 Å². The van der Waals surface area contributed by atoms with Crippen LogP contribution in [0.15, 0.2) is 71.6 Å². The maximum absolute atomic E-state index is 14.2. The lowest BCUT2D eigenvalue weighted by Crippen LogP contribution is -2.27. The molecule has 3 aromatic rings. The first-order valence-corrected chi connectivity index (χ1v) is 11.2. The summed E-state index contributed by atoms with van der Waals surface area (Å²) in [5.74, 6) is -0.158. The first-order chi connectivity index (χ1) is 16.0. The lowest BCUT2D eigenvalue weighted by atomic mass is 10.1. The number of amides is 2. The molecule has 0 spiro atoms. The third-order valence-corrected chi connectivity index (χ3v) is 6.26. The van der Waals surface area contributed by atoms with Gasteiger partial charge in [0, 0.05) is 11.1 Å². The van der Waals surface area contributed by atoms with Crippen LogP contribution in [0.2, 0.25) is 5.02 Å². The molecule has 3 aromatic carbocycles. The molecule has 0 N–H and O–H groups in total. The normalized spacial score (nSPS) is 14.8. The number of carbonyl (C=O) groups is 2. The summed E-state index contributed by atoms with van der Waals surface area (Å²) in [6.07, 6.45) is 1.58. The highest BCUT2D eigenvalue weighted by molar-refractivity contribution is 8.18. The Morgan fingerprint density at radius 2 is 1.79 bits per heavy atom. The minimum Gasteiger partial charge on any atom is -0.493 e. The summed E-state index contributed by atoms with van der Waals surface area (Å²) in [6, 6.07) is 18.8. The van der Waals surface area contributed by atoms with E-state index >= 15 is 0 Å². The van der Waals surface area contributed by atoms with Gasteiger partial charge in [-0.05, 0) is 41.6 Å². The highest BCUT2D eigenvalue weighted by atomic mass is 35.5. The summed E-state index contributed by atoms with van der Waals surface area (Å²) in [6.45, 7) is 0.0539. The largest absolute Gasteiger partial charge is 0.493 e. The van der Waals surface area contributed by atoms with Crippen LogP contribution in [0, 0.1) is 5.82 Å². The summed E-state index contributed by atoms with van der Waals surface area (Å²) in [7, 11) is 1.48. The predicted octanol–water partition coefficient (Wildman–Crippen LogP) is 6.30. The summed E-state index contributed by atoms with van der Waals surface area (Å²) in [4.78, 5) is 26.9. The minimum absolute atomic E-state index is 0.137. The molecule has 168 valence electrons. The number of imide groups is 1. The molecule has 1 aliphatic heterocycles. The molecule has 0 bridgehead atoms. The number of hydrogen-bond acceptors (Lipinski definition) is 5. The van der Waals surface area contributed by atoms with Crippen LogP contribution in [0.25, 0.3) is 6.08 Å². The molecule has 4 rings (SSSR count). The van der Waals surface area contributed by atoms with E-state index in [1.807, 2.05) is 30.3 Å². The molecule has 0 saturated carbocycles. The van der Waals surface area contributed by atoms with Crippen LogP contribution in [-0.2, 0) is 17.9 Å². The van der Waals surface area contributed by atoms with Gasteiger partial charge in [-0.15, -0.1) is 0 Å². The standard InChI is InChI=1S/C25H19ClFNO4S/c1-31-21-12-5-9-17(23(21)32-15-18-19(26)10-6-11-20(18)27)13-22-24(29)28(25(30)33-22)14-16-7-3-2-4-8-16/h2-13H,14-15H2,1H3/b22-13-. The maximum Gasteiger partial charge on any atom is 0.293 e. The lowest BCUT2D eigenvalue weighted by molar-refractivity contribution is -0.123. The van der Waals surface area contributed by atoms with Crippen molar-refractivity contribution in [3.63, 3.8) is 0 Å². The lowest BCUT2D eigenvalue weighted by Gasteiger charge is -2.15. The summed E-state index contributed by atoms with van der Waals surface area (Å²) >= 11 is 6.97. The Morgan fingerprint density at radius 3 is 2.52 bits per heavy atom. The molecule has 0 radical (unpaired) electrons. The summed E-state index contributed by atoms with van der Waals surface area (Å²) in [5.41, 5.74) is 1.58. The first-order valence-electron chi connectivity index (χ1n) is 10.00. The third-order valence-electron chi connectivity index (χ3n) is 5.00. The summed E-state index contributed by atoms with van der Waals surface area (Å²) in [5, 5.41) is -0.105. The van der Waals surface area contributed by atoms with Gasteiger partial charge in [0.15, 0.2) is 11.5 Å². The van der Waals surface area contributed by atoms with Crippen molar-refractivity contribution in [2.45, 2.75) is 13.2 Å². The van der Waals surface area contributed by atoms with Gasteiger partial charge in [-0.1, -0.05) is 60.1 Å². The van der Waals surface area contributed by atoms with Gasteiger partial charge >= 0.3 is 0 Å². The van der Waals surface area contributed by atoms with E-state index in [0.29, 0.717) is 17.1 Å². The number of thioether (sulfide) groups is 1. The Hall–Kier alpha value is -3.29. The zero-order valence-corrected chi connectivity index (χ0v) is 19.2. The van der Waals surface area contributed by atoms with Crippen molar-refractivity contribution in [3.8, 4) is 11.5 Å². The fourth-order valence-electron chi connectivity index (χ4n) is 3.32. The molecule has 0 aromatic heterocycles. The smallest absolute Gasteiger partial charge is 0.293 e. The Labute approximate surface area is 199 Å². The van der Waals surface area contributed by atoms with Gasteiger partial charge in [0.05, 0.1) is 23.6 Å². The molecule has 0 aliphatic carbocycles. The van der Waals surface area contributed by atoms with E-state index in [2.05, 4.69) is 0 Å². The van der Waals surface area contributed by atoms with Gasteiger partial charge in [0.2, 0.25) is 0 Å². The van der Waals surface area contributed by atoms with E-state index in [9.17, 15) is 14.0 Å². The number of para-hydroxylation sites is 1. The third kappa shape index (κ3) is 5.05. The molecular weight excluding hydrogens is 465 g/mol. The molecule has 2 amide bonds. The molecule has 1 fully saturated rings. The number of ether oxygens (including phenoxy) is 2. The highest BCUT2D eigenvalue weighted by Crippen LogP contribution is 2.38. The van der Waals surface area contributed by atoms with Crippen LogP contribution in [0.3, 0.4) is 0 Å². The first kappa shape index (κ1) is 22.9. The zero-order valence-electron chi connectivity index (χ0n) is 17.6. The van der Waals surface area contributed by atoms with E-state index in [0.717, 1.165) is 17.3 Å². The monoisotopic (exact) mass is 483 g/mol. The highest BCUT2D eigenvalue weighted by Gasteiger charge is 2.35. The number of rotatable bonds is 7. The van der Waals surface area contributed by atoms with Crippen molar-refractivity contribution in [3.05, 3.63) is 99.2 Å². The quantitative estimate of drug-likeness (QED) is 0.369. The summed E-state index contributed by atoms with van der Waals surface area (Å²) < 4.78 is 25.5.